The van der Waals surface area contributed by atoms with Crippen LogP contribution in [0.5, 0.6) is 0 Å². The summed E-state index contributed by atoms with van der Waals surface area (Å²) < 4.78 is 13.7. The van der Waals surface area contributed by atoms with Crippen LogP contribution in [-0.4, -0.2) is 65.1 Å². The Morgan fingerprint density at radius 1 is 1.11 bits per heavy atom. The quantitative estimate of drug-likeness (QED) is 0.516. The lowest BCUT2D eigenvalue weighted by atomic mass is 9.89. The Labute approximate surface area is 204 Å². The molecule has 2 aromatic heterocycles. The van der Waals surface area contributed by atoms with E-state index in [0.717, 1.165) is 48.6 Å². The third kappa shape index (κ3) is 4.17. The van der Waals surface area contributed by atoms with Gasteiger partial charge in [-0.3, -0.25) is 0 Å². The number of ether oxygens (including phenoxy) is 2. The lowest BCUT2D eigenvalue weighted by Crippen LogP contribution is -2.52. The van der Waals surface area contributed by atoms with Crippen LogP contribution < -0.4 is 20.9 Å². The molecule has 4 heterocycles. The molecule has 4 atom stereocenters. The summed E-state index contributed by atoms with van der Waals surface area (Å²) in [6, 6.07) is 8.08. The highest BCUT2D eigenvalue weighted by atomic mass is 16.5. The Kier molecular flexibility index (Phi) is 5.49. The average molecular weight is 478 g/mol. The van der Waals surface area contributed by atoms with E-state index in [1.807, 2.05) is 13.1 Å². The number of anilines is 4. The smallest absolute Gasteiger partial charge is 0.328 e. The van der Waals surface area contributed by atoms with Crippen LogP contribution in [0.3, 0.4) is 0 Å². The second-order valence-corrected chi connectivity index (χ2v) is 9.75. The summed E-state index contributed by atoms with van der Waals surface area (Å²) >= 11 is 0. The normalized spacial score (nSPS) is 26.4. The predicted octanol–water partition coefficient (Wildman–Crippen LogP) is 3.45. The van der Waals surface area contributed by atoms with Gasteiger partial charge in [-0.05, 0) is 50.5 Å². The topological polar surface area (TPSA) is 106 Å². The summed E-state index contributed by atoms with van der Waals surface area (Å²) in [4.78, 5) is 24.6. The van der Waals surface area contributed by atoms with E-state index >= 15 is 0 Å². The van der Waals surface area contributed by atoms with E-state index in [0.29, 0.717) is 23.6 Å². The number of rotatable bonds is 2. The fourth-order valence-corrected chi connectivity index (χ4v) is 5.21. The lowest BCUT2D eigenvalue weighted by molar-refractivity contribution is -0.0323. The SMILES string of the molecule is CNc1cc2nc3c1ncn3C(=O)N[C@@H]1CC[C@H]1OCc1cc(cc(N3C[C@@H](C)O[C@H](C)C3)c1)N2. The van der Waals surface area contributed by atoms with Crippen molar-refractivity contribution < 1.29 is 14.3 Å². The molecule has 35 heavy (non-hydrogen) atoms. The molecule has 4 bridgehead atoms. The maximum absolute atomic E-state index is 13.1. The molecule has 10 heteroatoms. The van der Waals surface area contributed by atoms with Crippen LogP contribution in [0.1, 0.15) is 32.3 Å². The molecule has 1 saturated carbocycles. The van der Waals surface area contributed by atoms with Gasteiger partial charge in [-0.1, -0.05) is 0 Å². The molecule has 0 spiro atoms. The number of carbonyl (C=O) groups is 1. The summed E-state index contributed by atoms with van der Waals surface area (Å²) in [6.07, 6.45) is 3.64. The molecule has 3 aliphatic rings. The van der Waals surface area contributed by atoms with Crippen LogP contribution in [0, 0.1) is 0 Å². The van der Waals surface area contributed by atoms with Gasteiger partial charge in [0.05, 0.1) is 36.6 Å². The van der Waals surface area contributed by atoms with Gasteiger partial charge in [-0.15, -0.1) is 0 Å². The van der Waals surface area contributed by atoms with Gasteiger partial charge in [-0.2, -0.15) is 0 Å². The van der Waals surface area contributed by atoms with E-state index in [2.05, 4.69) is 57.9 Å². The van der Waals surface area contributed by atoms with Crippen LogP contribution in [0.25, 0.3) is 11.2 Å². The third-order valence-electron chi connectivity index (χ3n) is 7.01. The molecule has 2 aliphatic heterocycles. The van der Waals surface area contributed by atoms with Crippen molar-refractivity contribution in [3.63, 3.8) is 0 Å². The van der Waals surface area contributed by atoms with E-state index in [-0.39, 0.29) is 30.4 Å². The molecule has 3 aromatic rings. The molecule has 1 saturated heterocycles. The standard InChI is InChI=1S/C25H31N7O3/c1-14-10-31(11-15(2)35-14)18-7-16-6-17(8-18)28-22-9-20(26-3)23-24(30-22)32(13-27-23)25(33)29-19-4-5-21(19)34-12-16/h6-9,13-15,19,21H,4-5,10-12H2,1-3H3,(H,29,33)(H2,26,28,30)/t14-,15-,19-,21-/m1/s1. The number of pyridine rings is 1. The minimum absolute atomic E-state index is 0.0171. The minimum Gasteiger partial charge on any atom is -0.386 e. The Balaban J connectivity index is 1.44. The molecule has 0 radical (unpaired) electrons. The van der Waals surface area contributed by atoms with Crippen molar-refractivity contribution in [2.75, 3.05) is 35.7 Å². The second-order valence-electron chi connectivity index (χ2n) is 9.75. The van der Waals surface area contributed by atoms with Crippen LogP contribution in [0.2, 0.25) is 0 Å². The van der Waals surface area contributed by atoms with Gasteiger partial charge in [-0.25, -0.2) is 19.3 Å². The largest absolute Gasteiger partial charge is 0.386 e. The molecule has 184 valence electrons. The van der Waals surface area contributed by atoms with Gasteiger partial charge >= 0.3 is 6.03 Å². The molecule has 3 N–H and O–H groups in total. The fourth-order valence-electron chi connectivity index (χ4n) is 5.21. The highest BCUT2D eigenvalue weighted by molar-refractivity contribution is 5.94. The molecular weight excluding hydrogens is 446 g/mol. The van der Waals surface area contributed by atoms with Crippen molar-refractivity contribution in [3.05, 3.63) is 36.2 Å². The Hall–Kier alpha value is -3.37. The first-order valence-electron chi connectivity index (χ1n) is 12.3. The molecule has 1 amide bonds. The predicted molar refractivity (Wildman–Crippen MR) is 135 cm³/mol. The average Bonchev–Trinajstić information content (AvgIpc) is 3.24. The number of carbonyl (C=O) groups excluding carboxylic acids is 1. The number of fused-ring (bicyclic) bond motifs is 4. The summed E-state index contributed by atoms with van der Waals surface area (Å²) in [7, 11) is 1.84. The van der Waals surface area contributed by atoms with Crippen molar-refractivity contribution in [1.29, 1.82) is 0 Å². The summed E-state index contributed by atoms with van der Waals surface area (Å²) in [5.74, 6) is 0.628. The highest BCUT2D eigenvalue weighted by Crippen LogP contribution is 2.32. The van der Waals surface area contributed by atoms with Crippen molar-refractivity contribution in [3.8, 4) is 0 Å². The molecule has 1 aliphatic carbocycles. The number of benzene rings is 1. The number of imidazole rings is 1. The molecule has 0 unspecified atom stereocenters. The minimum atomic E-state index is -0.245. The number of hydrogen-bond acceptors (Lipinski definition) is 8. The molecular formula is C25H31N7O3. The van der Waals surface area contributed by atoms with Crippen molar-refractivity contribution in [2.24, 2.45) is 0 Å². The molecule has 2 fully saturated rings. The first kappa shape index (κ1) is 22.1. The van der Waals surface area contributed by atoms with E-state index in [9.17, 15) is 4.79 Å². The van der Waals surface area contributed by atoms with Gasteiger partial charge in [0, 0.05) is 37.6 Å². The first-order valence-corrected chi connectivity index (χ1v) is 12.3. The van der Waals surface area contributed by atoms with Crippen molar-refractivity contribution >= 4 is 40.1 Å². The first-order chi connectivity index (χ1) is 17.0. The number of aromatic nitrogens is 3. The number of nitrogens with one attached hydrogen (secondary N) is 3. The summed E-state index contributed by atoms with van der Waals surface area (Å²) in [6.45, 7) is 6.36. The lowest BCUT2D eigenvalue weighted by Gasteiger charge is -2.38. The van der Waals surface area contributed by atoms with Crippen LogP contribution in [-0.2, 0) is 16.1 Å². The van der Waals surface area contributed by atoms with Gasteiger partial charge < -0.3 is 30.3 Å². The van der Waals surface area contributed by atoms with Crippen LogP contribution in [0.15, 0.2) is 30.6 Å². The second kappa shape index (κ2) is 8.69. The van der Waals surface area contributed by atoms with Gasteiger partial charge in [0.25, 0.3) is 0 Å². The number of hydrogen-bond donors (Lipinski definition) is 3. The Morgan fingerprint density at radius 2 is 1.94 bits per heavy atom. The fraction of sp³-hybridized carbons (Fsp3) is 0.480. The zero-order valence-corrected chi connectivity index (χ0v) is 20.2. The van der Waals surface area contributed by atoms with Crippen molar-refractivity contribution in [2.45, 2.75) is 57.6 Å². The number of nitrogens with zero attached hydrogens (tertiary/aromatic N) is 4. The molecule has 10 nitrogen and oxygen atoms in total. The Morgan fingerprint density at radius 3 is 2.69 bits per heavy atom. The summed E-state index contributed by atoms with van der Waals surface area (Å²) in [5.41, 5.74) is 5.06. The molecule has 6 rings (SSSR count). The maximum atomic E-state index is 13.1. The zero-order chi connectivity index (χ0) is 24.1. The van der Waals surface area contributed by atoms with Gasteiger partial charge in [0.1, 0.15) is 17.7 Å². The van der Waals surface area contributed by atoms with Gasteiger partial charge in [0.2, 0.25) is 0 Å². The zero-order valence-electron chi connectivity index (χ0n) is 20.2. The van der Waals surface area contributed by atoms with E-state index in [4.69, 9.17) is 14.5 Å². The van der Waals surface area contributed by atoms with E-state index < -0.39 is 0 Å². The Bertz CT molecular complexity index is 1270. The van der Waals surface area contributed by atoms with E-state index in [1.54, 1.807) is 0 Å². The monoisotopic (exact) mass is 477 g/mol. The highest BCUT2D eigenvalue weighted by Gasteiger charge is 2.34. The number of amides is 1. The maximum Gasteiger partial charge on any atom is 0.328 e. The van der Waals surface area contributed by atoms with E-state index in [1.165, 1.54) is 10.9 Å². The van der Waals surface area contributed by atoms with Crippen LogP contribution >= 0.6 is 0 Å². The third-order valence-corrected chi connectivity index (χ3v) is 7.01. The summed E-state index contributed by atoms with van der Waals surface area (Å²) in [5, 5.41) is 9.74. The van der Waals surface area contributed by atoms with Crippen LogP contribution in [0.4, 0.5) is 27.7 Å². The number of morpholine rings is 1. The molecule has 1 aromatic carbocycles. The van der Waals surface area contributed by atoms with Gasteiger partial charge in [0.15, 0.2) is 5.65 Å². The van der Waals surface area contributed by atoms with Crippen molar-refractivity contribution in [1.82, 2.24) is 19.9 Å².